The largest absolute Gasteiger partial charge is 0.489 e. The molecule has 4 aliphatic rings. The number of aliphatic hydroxyl groups is 2. The van der Waals surface area contributed by atoms with Crippen LogP contribution in [-0.2, 0) is 44.7 Å². The molecule has 14 atom stereocenters. The van der Waals surface area contributed by atoms with Gasteiger partial charge in [-0.05, 0) is 113 Å². The highest BCUT2D eigenvalue weighted by atomic mass is 16.7. The number of rotatable bonds is 10. The number of Topliss-reactive ketones (excluding diaryl/α,β-unsaturated/α-hetero) is 2. The Labute approximate surface area is 404 Å². The van der Waals surface area contributed by atoms with Crippen LogP contribution in [0.15, 0.2) is 84.0 Å². The van der Waals surface area contributed by atoms with E-state index in [1.165, 1.54) is 10.5 Å². The van der Waals surface area contributed by atoms with Gasteiger partial charge in [-0.2, -0.15) is 0 Å². The minimum atomic E-state index is -2.51. The topological polar surface area (TPSA) is 170 Å². The summed E-state index contributed by atoms with van der Waals surface area (Å²) in [4.78, 5) is 58.8. The molecule has 2 aromatic rings. The predicted molar refractivity (Wildman–Crippen MR) is 259 cm³/mol. The molecule has 68 heavy (non-hydrogen) atoms. The van der Waals surface area contributed by atoms with Crippen molar-refractivity contribution in [3.63, 3.8) is 0 Å². The Balaban J connectivity index is 1.32. The number of ether oxygens (including phenoxy) is 5. The molecule has 14 unspecified atom stereocenters. The zero-order valence-electron chi connectivity index (χ0n) is 41.6. The van der Waals surface area contributed by atoms with Gasteiger partial charge in [0.15, 0.2) is 0 Å². The van der Waals surface area contributed by atoms with Crippen molar-refractivity contribution in [3.05, 3.63) is 89.5 Å². The van der Waals surface area contributed by atoms with E-state index in [2.05, 4.69) is 30.4 Å². The van der Waals surface area contributed by atoms with Gasteiger partial charge in [0.2, 0.25) is 5.79 Å². The number of piperidine rings is 1. The first-order valence-electron chi connectivity index (χ1n) is 25.1. The molecule has 13 nitrogen and oxygen atoms in total. The zero-order chi connectivity index (χ0) is 49.1. The molecule has 1 aliphatic carbocycles. The zero-order valence-corrected chi connectivity index (χ0v) is 41.6. The van der Waals surface area contributed by atoms with Gasteiger partial charge in [-0.3, -0.25) is 14.4 Å². The van der Waals surface area contributed by atoms with Crippen LogP contribution in [-0.4, -0.2) is 114 Å². The number of nitrogens with zero attached hydrogens (tertiary/aromatic N) is 1. The van der Waals surface area contributed by atoms with Crippen LogP contribution in [0.3, 0.4) is 0 Å². The van der Waals surface area contributed by atoms with Crippen LogP contribution in [0, 0.1) is 29.6 Å². The molecule has 6 rings (SSSR count). The second kappa shape index (κ2) is 24.5. The molecule has 374 valence electrons. The summed E-state index contributed by atoms with van der Waals surface area (Å²) in [5.41, 5.74) is 2.89. The number of aliphatic hydroxyl groups excluding tert-OH is 1. The standard InChI is InChI=1S/C55H78N2O11/c1-9-41-27-34(2)26-35(3)28-48(64-7)51-49(65-8)30-37(5)55(63,68-51)52(60)53(61)57-25-17-16-22-44(57)54(62)67-50(38(6)45(58)32-46(41)59)36(4)29-40-23-24-43(56-33-39-18-12-10-13-19-39)47(31-40)66-42-20-14-11-15-21-42/h10-15,18-21,27,29,35,37-38,40-41,43-45,47-51,56,58,63H,9,16-17,22-26,28,30-33H2,1-8H3/b34-27+,36-29?. The van der Waals surface area contributed by atoms with Crippen molar-refractivity contribution in [2.45, 2.75) is 173 Å². The molecule has 13 heteroatoms. The number of nitrogens with one attached hydrogen (secondary N) is 1. The number of esters is 1. The van der Waals surface area contributed by atoms with Gasteiger partial charge in [-0.1, -0.05) is 94.0 Å². The average molecular weight is 943 g/mol. The van der Waals surface area contributed by atoms with Gasteiger partial charge in [-0.15, -0.1) is 0 Å². The number of methoxy groups -OCH3 is 2. The highest BCUT2D eigenvalue weighted by Gasteiger charge is 2.56. The maximum Gasteiger partial charge on any atom is 0.329 e. The number of para-hydroxylation sites is 1. The minimum absolute atomic E-state index is 0.0242. The summed E-state index contributed by atoms with van der Waals surface area (Å²) in [7, 11) is 3.09. The molecule has 3 fully saturated rings. The van der Waals surface area contributed by atoms with E-state index < -0.39 is 77.8 Å². The van der Waals surface area contributed by atoms with E-state index in [1.807, 2.05) is 75.4 Å². The van der Waals surface area contributed by atoms with E-state index in [0.717, 1.165) is 24.2 Å². The lowest BCUT2D eigenvalue weighted by Crippen LogP contribution is -2.64. The number of amides is 1. The third kappa shape index (κ3) is 13.1. The van der Waals surface area contributed by atoms with E-state index in [-0.39, 0.29) is 55.6 Å². The van der Waals surface area contributed by atoms with E-state index in [1.54, 1.807) is 28.1 Å². The Kier molecular flexibility index (Phi) is 19.2. The maximum atomic E-state index is 14.6. The van der Waals surface area contributed by atoms with Crippen LogP contribution in [0.2, 0.25) is 0 Å². The summed E-state index contributed by atoms with van der Waals surface area (Å²) in [6, 6.07) is 19.0. The molecular formula is C55H78N2O11. The van der Waals surface area contributed by atoms with Gasteiger partial charge in [0.05, 0.1) is 18.3 Å². The first kappa shape index (κ1) is 53.1. The summed E-state index contributed by atoms with van der Waals surface area (Å²) in [6.45, 7) is 12.1. The quantitative estimate of drug-likeness (QED) is 0.121. The summed E-state index contributed by atoms with van der Waals surface area (Å²) < 4.78 is 31.2. The van der Waals surface area contributed by atoms with Crippen LogP contribution < -0.4 is 10.1 Å². The Morgan fingerprint density at radius 3 is 2.24 bits per heavy atom. The van der Waals surface area contributed by atoms with Crippen molar-refractivity contribution in [1.29, 1.82) is 0 Å². The lowest BCUT2D eigenvalue weighted by atomic mass is 9.80. The number of cyclic esters (lactones) is 1. The Bertz CT molecular complexity index is 2040. The molecule has 3 aliphatic heterocycles. The fraction of sp³-hybridized carbons (Fsp3) is 0.636. The molecule has 2 aromatic carbocycles. The van der Waals surface area contributed by atoms with Crippen molar-refractivity contribution in [2.75, 3.05) is 20.8 Å². The summed E-state index contributed by atoms with van der Waals surface area (Å²) in [5.74, 6) is -6.68. The first-order valence-corrected chi connectivity index (χ1v) is 25.1. The van der Waals surface area contributed by atoms with Crippen LogP contribution in [0.5, 0.6) is 5.75 Å². The molecule has 1 saturated carbocycles. The van der Waals surface area contributed by atoms with Gasteiger partial charge >= 0.3 is 5.97 Å². The smallest absolute Gasteiger partial charge is 0.329 e. The number of fused-ring (bicyclic) bond motifs is 3. The van der Waals surface area contributed by atoms with E-state index in [0.29, 0.717) is 50.6 Å². The molecule has 3 heterocycles. The maximum absolute atomic E-state index is 14.6. The monoisotopic (exact) mass is 943 g/mol. The SMILES string of the molecule is CCC1/C=C(\C)CC(C)CC(OC)C2OC(O)(C(=O)C(=O)N3CCCCC3C(=O)OC(C(C)=CC3CCC(NCc4ccccc4)C(Oc4ccccc4)C3)C(C)C(O)CC1=O)C(C)CC2OC. The lowest BCUT2D eigenvalue weighted by molar-refractivity contribution is -0.302. The van der Waals surface area contributed by atoms with Crippen molar-refractivity contribution >= 4 is 23.4 Å². The molecule has 2 saturated heterocycles. The number of allylic oxidation sites excluding steroid dienone is 3. The number of carbonyl (C=O) groups excluding carboxylic acids is 4. The fourth-order valence-corrected chi connectivity index (χ4v) is 11.0. The number of benzene rings is 2. The van der Waals surface area contributed by atoms with Gasteiger partial charge in [-0.25, -0.2) is 4.79 Å². The summed E-state index contributed by atoms with van der Waals surface area (Å²) in [5, 5.41) is 27.9. The molecule has 0 spiro atoms. The average Bonchev–Trinajstić information content (AvgIpc) is 3.34. The highest BCUT2D eigenvalue weighted by Crippen LogP contribution is 2.39. The van der Waals surface area contributed by atoms with Crippen LogP contribution in [0.25, 0.3) is 0 Å². The van der Waals surface area contributed by atoms with Crippen LogP contribution in [0.1, 0.15) is 118 Å². The van der Waals surface area contributed by atoms with Crippen LogP contribution in [0.4, 0.5) is 0 Å². The predicted octanol–water partition coefficient (Wildman–Crippen LogP) is 7.70. The molecular weight excluding hydrogens is 865 g/mol. The van der Waals surface area contributed by atoms with Crippen LogP contribution >= 0.6 is 0 Å². The third-order valence-corrected chi connectivity index (χ3v) is 15.1. The lowest BCUT2D eigenvalue weighted by Gasteiger charge is -2.47. The molecule has 1 amide bonds. The molecule has 0 aromatic heterocycles. The molecule has 2 bridgehead atoms. The van der Waals surface area contributed by atoms with Gasteiger partial charge < -0.3 is 44.1 Å². The number of hydrogen-bond donors (Lipinski definition) is 3. The fourth-order valence-electron chi connectivity index (χ4n) is 11.0. The van der Waals surface area contributed by atoms with Gasteiger partial charge in [0.25, 0.3) is 11.7 Å². The number of hydrogen-bond acceptors (Lipinski definition) is 12. The van der Waals surface area contributed by atoms with Crippen molar-refractivity contribution in [3.8, 4) is 5.75 Å². The molecule has 0 radical (unpaired) electrons. The Hall–Kier alpha value is -4.24. The second-order valence-corrected chi connectivity index (χ2v) is 20.3. The second-order valence-electron chi connectivity index (χ2n) is 20.3. The molecule has 3 N–H and O–H groups in total. The number of carbonyl (C=O) groups is 4. The van der Waals surface area contributed by atoms with Crippen molar-refractivity contribution < 1.29 is 53.1 Å². The van der Waals surface area contributed by atoms with Crippen molar-refractivity contribution in [1.82, 2.24) is 10.2 Å². The van der Waals surface area contributed by atoms with E-state index in [9.17, 15) is 29.4 Å². The number of ketones is 2. The highest BCUT2D eigenvalue weighted by molar-refractivity contribution is 6.39. The van der Waals surface area contributed by atoms with Gasteiger partial charge in [0.1, 0.15) is 35.9 Å². The normalized spacial score (nSPS) is 36.1. The summed E-state index contributed by atoms with van der Waals surface area (Å²) in [6.07, 6.45) is 5.14. The first-order chi connectivity index (χ1) is 32.6. The van der Waals surface area contributed by atoms with E-state index >= 15 is 0 Å². The van der Waals surface area contributed by atoms with E-state index in [4.69, 9.17) is 23.7 Å². The summed E-state index contributed by atoms with van der Waals surface area (Å²) >= 11 is 0. The van der Waals surface area contributed by atoms with Crippen molar-refractivity contribution in [2.24, 2.45) is 29.6 Å². The Morgan fingerprint density at radius 2 is 1.56 bits per heavy atom. The van der Waals surface area contributed by atoms with Gasteiger partial charge in [0, 0.05) is 57.5 Å². The third-order valence-electron chi connectivity index (χ3n) is 15.1. The minimum Gasteiger partial charge on any atom is -0.489 e. The Morgan fingerprint density at radius 1 is 0.882 bits per heavy atom.